The number of carbonyl (C=O) groups is 1. The summed E-state index contributed by atoms with van der Waals surface area (Å²) >= 11 is 5.93. The Balaban J connectivity index is 1.45. The molecule has 2 aromatic heterocycles. The first-order valence-corrected chi connectivity index (χ1v) is 10.1. The van der Waals surface area contributed by atoms with E-state index in [1.54, 1.807) is 18.2 Å². The first kappa shape index (κ1) is 22.5. The highest BCUT2D eigenvalue weighted by Crippen LogP contribution is 2.30. The van der Waals surface area contributed by atoms with Crippen LogP contribution in [0.4, 0.5) is 18.9 Å². The van der Waals surface area contributed by atoms with Crippen molar-refractivity contribution >= 4 is 28.8 Å². The zero-order valence-electron chi connectivity index (χ0n) is 17.0. The lowest BCUT2D eigenvalue weighted by atomic mass is 10.2. The fourth-order valence-corrected chi connectivity index (χ4v) is 3.19. The van der Waals surface area contributed by atoms with Gasteiger partial charge in [-0.3, -0.25) is 4.79 Å². The average Bonchev–Trinajstić information content (AvgIpc) is 3.20. The SMILES string of the molecule is O=C(Nc1cc(Cl)ccc1OCC(F)(F)F)c1cccc(OCc2cn3ccccc3n2)c1. The lowest BCUT2D eigenvalue weighted by Gasteiger charge is -2.14. The number of hydrogen-bond donors (Lipinski definition) is 1. The number of pyridine rings is 1. The Morgan fingerprint density at radius 2 is 1.91 bits per heavy atom. The van der Waals surface area contributed by atoms with E-state index >= 15 is 0 Å². The summed E-state index contributed by atoms with van der Waals surface area (Å²) in [6, 6.07) is 16.0. The third kappa shape index (κ3) is 5.95. The second-order valence-corrected chi connectivity index (χ2v) is 7.45. The van der Waals surface area contributed by atoms with E-state index in [-0.39, 0.29) is 28.6 Å². The van der Waals surface area contributed by atoms with Gasteiger partial charge in [0, 0.05) is 23.0 Å². The van der Waals surface area contributed by atoms with Crippen LogP contribution in [0.25, 0.3) is 5.65 Å². The minimum absolute atomic E-state index is 0.0211. The Hall–Kier alpha value is -3.72. The van der Waals surface area contributed by atoms with E-state index in [1.165, 1.54) is 24.3 Å². The van der Waals surface area contributed by atoms with E-state index in [0.717, 1.165) is 5.65 Å². The lowest BCUT2D eigenvalue weighted by molar-refractivity contribution is -0.153. The number of carbonyl (C=O) groups excluding carboxylic acids is 1. The fraction of sp³-hybridized carbons (Fsp3) is 0.130. The van der Waals surface area contributed by atoms with Crippen molar-refractivity contribution in [2.45, 2.75) is 12.8 Å². The molecule has 0 atom stereocenters. The number of alkyl halides is 3. The van der Waals surface area contributed by atoms with Crippen molar-refractivity contribution in [1.29, 1.82) is 0 Å². The number of fused-ring (bicyclic) bond motifs is 1. The van der Waals surface area contributed by atoms with Gasteiger partial charge in [0.15, 0.2) is 6.61 Å². The van der Waals surface area contributed by atoms with Crippen molar-refractivity contribution < 1.29 is 27.4 Å². The maximum atomic E-state index is 12.7. The highest BCUT2D eigenvalue weighted by molar-refractivity contribution is 6.31. The molecule has 0 aliphatic carbocycles. The number of halogens is 4. The van der Waals surface area contributed by atoms with Crippen LogP contribution in [0.1, 0.15) is 16.1 Å². The highest BCUT2D eigenvalue weighted by Gasteiger charge is 2.29. The van der Waals surface area contributed by atoms with Gasteiger partial charge in [-0.1, -0.05) is 23.7 Å². The molecular formula is C23H17ClF3N3O3. The fourth-order valence-electron chi connectivity index (χ4n) is 3.02. The van der Waals surface area contributed by atoms with E-state index in [9.17, 15) is 18.0 Å². The molecule has 10 heteroatoms. The predicted octanol–water partition coefficient (Wildman–Crippen LogP) is 5.76. The zero-order valence-corrected chi connectivity index (χ0v) is 17.7. The van der Waals surface area contributed by atoms with Crippen LogP contribution in [0.3, 0.4) is 0 Å². The van der Waals surface area contributed by atoms with Crippen molar-refractivity contribution in [2.75, 3.05) is 11.9 Å². The van der Waals surface area contributed by atoms with Gasteiger partial charge in [-0.05, 0) is 48.5 Å². The molecule has 0 radical (unpaired) electrons. The van der Waals surface area contributed by atoms with Crippen LogP contribution in [0.5, 0.6) is 11.5 Å². The number of nitrogens with zero attached hydrogens (tertiary/aromatic N) is 2. The van der Waals surface area contributed by atoms with Crippen molar-refractivity contribution in [3.05, 3.63) is 89.3 Å². The van der Waals surface area contributed by atoms with Gasteiger partial charge < -0.3 is 19.2 Å². The summed E-state index contributed by atoms with van der Waals surface area (Å²) < 4.78 is 50.0. The molecule has 33 heavy (non-hydrogen) atoms. The Bertz CT molecular complexity index is 1260. The minimum Gasteiger partial charge on any atom is -0.487 e. The van der Waals surface area contributed by atoms with Crippen LogP contribution >= 0.6 is 11.6 Å². The van der Waals surface area contributed by atoms with Crippen LogP contribution in [0, 0.1) is 0 Å². The molecule has 0 saturated carbocycles. The van der Waals surface area contributed by atoms with E-state index in [4.69, 9.17) is 21.1 Å². The first-order chi connectivity index (χ1) is 15.8. The number of ether oxygens (including phenoxy) is 2. The summed E-state index contributed by atoms with van der Waals surface area (Å²) in [5, 5.41) is 2.77. The summed E-state index contributed by atoms with van der Waals surface area (Å²) in [5.41, 5.74) is 1.76. The van der Waals surface area contributed by atoms with Gasteiger partial charge in [-0.2, -0.15) is 13.2 Å². The Labute approximate surface area is 191 Å². The molecule has 170 valence electrons. The largest absolute Gasteiger partial charge is 0.487 e. The molecule has 0 fully saturated rings. The monoisotopic (exact) mass is 475 g/mol. The summed E-state index contributed by atoms with van der Waals surface area (Å²) in [5.74, 6) is -0.282. The van der Waals surface area contributed by atoms with Crippen molar-refractivity contribution in [1.82, 2.24) is 9.38 Å². The van der Waals surface area contributed by atoms with Gasteiger partial charge in [0.2, 0.25) is 0 Å². The van der Waals surface area contributed by atoms with Gasteiger partial charge in [0.1, 0.15) is 23.8 Å². The Kier molecular flexibility index (Phi) is 6.41. The number of hydrogen-bond acceptors (Lipinski definition) is 4. The van der Waals surface area contributed by atoms with E-state index < -0.39 is 18.7 Å². The zero-order chi connectivity index (χ0) is 23.4. The standard InChI is InChI=1S/C23H17ClF3N3O3/c24-16-7-8-20(33-14-23(25,26)27)19(11-16)29-22(31)15-4-3-5-18(10-15)32-13-17-12-30-9-2-1-6-21(30)28-17/h1-12H,13-14H2,(H,29,31). The average molecular weight is 476 g/mol. The first-order valence-electron chi connectivity index (χ1n) is 9.73. The van der Waals surface area contributed by atoms with Gasteiger partial charge in [-0.15, -0.1) is 0 Å². The predicted molar refractivity (Wildman–Crippen MR) is 117 cm³/mol. The van der Waals surface area contributed by atoms with Gasteiger partial charge in [-0.25, -0.2) is 4.98 Å². The van der Waals surface area contributed by atoms with E-state index in [2.05, 4.69) is 10.3 Å². The number of anilines is 1. The molecule has 2 aromatic carbocycles. The Morgan fingerprint density at radius 3 is 2.70 bits per heavy atom. The molecule has 0 spiro atoms. The van der Waals surface area contributed by atoms with Crippen LogP contribution in [0.15, 0.2) is 73.1 Å². The molecule has 1 N–H and O–H groups in total. The number of aromatic nitrogens is 2. The van der Waals surface area contributed by atoms with Gasteiger partial charge >= 0.3 is 6.18 Å². The quantitative estimate of drug-likeness (QED) is 0.369. The molecule has 4 aromatic rings. The second-order valence-electron chi connectivity index (χ2n) is 7.01. The summed E-state index contributed by atoms with van der Waals surface area (Å²) in [7, 11) is 0. The number of benzene rings is 2. The van der Waals surface area contributed by atoms with Crippen LogP contribution in [0.2, 0.25) is 5.02 Å². The molecule has 0 unspecified atom stereocenters. The van der Waals surface area contributed by atoms with Gasteiger partial charge in [0.05, 0.1) is 11.4 Å². The van der Waals surface area contributed by atoms with Crippen LogP contribution in [-0.4, -0.2) is 28.1 Å². The Morgan fingerprint density at radius 1 is 1.06 bits per heavy atom. The normalized spacial score (nSPS) is 11.4. The molecule has 0 aliphatic rings. The molecule has 1 amide bonds. The number of nitrogens with one attached hydrogen (secondary N) is 1. The molecule has 2 heterocycles. The summed E-state index contributed by atoms with van der Waals surface area (Å²) in [6.45, 7) is -1.31. The maximum Gasteiger partial charge on any atom is 0.422 e. The molecule has 0 saturated heterocycles. The summed E-state index contributed by atoms with van der Waals surface area (Å²) in [6.07, 6.45) is -0.805. The number of amides is 1. The third-order valence-corrected chi connectivity index (χ3v) is 4.71. The molecule has 0 aliphatic heterocycles. The topological polar surface area (TPSA) is 64.9 Å². The van der Waals surface area contributed by atoms with Crippen LogP contribution < -0.4 is 14.8 Å². The van der Waals surface area contributed by atoms with Crippen molar-refractivity contribution in [2.24, 2.45) is 0 Å². The van der Waals surface area contributed by atoms with E-state index in [1.807, 2.05) is 35.0 Å². The summed E-state index contributed by atoms with van der Waals surface area (Å²) in [4.78, 5) is 17.2. The smallest absolute Gasteiger partial charge is 0.422 e. The van der Waals surface area contributed by atoms with Crippen LogP contribution in [-0.2, 0) is 6.61 Å². The van der Waals surface area contributed by atoms with Crippen molar-refractivity contribution in [3.8, 4) is 11.5 Å². The van der Waals surface area contributed by atoms with Crippen molar-refractivity contribution in [3.63, 3.8) is 0 Å². The second kappa shape index (κ2) is 9.41. The maximum absolute atomic E-state index is 12.7. The molecular weight excluding hydrogens is 459 g/mol. The number of rotatable bonds is 7. The minimum atomic E-state index is -4.52. The molecule has 0 bridgehead atoms. The third-order valence-electron chi connectivity index (χ3n) is 4.48. The highest BCUT2D eigenvalue weighted by atomic mass is 35.5. The number of imidazole rings is 1. The van der Waals surface area contributed by atoms with E-state index in [0.29, 0.717) is 11.4 Å². The lowest BCUT2D eigenvalue weighted by Crippen LogP contribution is -2.20. The molecule has 6 nitrogen and oxygen atoms in total. The molecule has 4 rings (SSSR count). The van der Waals surface area contributed by atoms with Gasteiger partial charge in [0.25, 0.3) is 5.91 Å².